The van der Waals surface area contributed by atoms with Gasteiger partial charge >= 0.3 is 0 Å². The standard InChI is InChI=1S/C14H19N/c1-5-6-14(15)13-8-11(4)7-12(9-13)10(2)3/h6-9H,2,5,15H2,1,3-4H3/b14-6+. The van der Waals surface area contributed by atoms with Crippen LogP contribution in [0, 0.1) is 6.92 Å². The Hall–Kier alpha value is -1.50. The lowest BCUT2D eigenvalue weighted by Crippen LogP contribution is -1.97. The molecule has 0 aliphatic rings. The molecule has 15 heavy (non-hydrogen) atoms. The van der Waals surface area contributed by atoms with Crippen LogP contribution in [0.15, 0.2) is 30.9 Å². The fraction of sp³-hybridized carbons (Fsp3) is 0.286. The van der Waals surface area contributed by atoms with Gasteiger partial charge in [0.15, 0.2) is 0 Å². The number of hydrogen-bond acceptors (Lipinski definition) is 1. The summed E-state index contributed by atoms with van der Waals surface area (Å²) in [5.41, 5.74) is 11.4. The Morgan fingerprint density at radius 3 is 2.47 bits per heavy atom. The largest absolute Gasteiger partial charge is 0.399 e. The second-order valence-electron chi connectivity index (χ2n) is 3.94. The molecule has 0 bridgehead atoms. The van der Waals surface area contributed by atoms with E-state index >= 15 is 0 Å². The van der Waals surface area contributed by atoms with Crippen LogP contribution < -0.4 is 5.73 Å². The van der Waals surface area contributed by atoms with Crippen LogP contribution in [0.4, 0.5) is 0 Å². The highest BCUT2D eigenvalue weighted by Crippen LogP contribution is 2.19. The summed E-state index contributed by atoms with van der Waals surface area (Å²) in [5, 5.41) is 0. The van der Waals surface area contributed by atoms with E-state index in [-0.39, 0.29) is 0 Å². The van der Waals surface area contributed by atoms with Crippen LogP contribution >= 0.6 is 0 Å². The minimum Gasteiger partial charge on any atom is -0.399 e. The maximum atomic E-state index is 5.97. The number of aryl methyl sites for hydroxylation is 1. The van der Waals surface area contributed by atoms with E-state index < -0.39 is 0 Å². The van der Waals surface area contributed by atoms with E-state index in [2.05, 4.69) is 38.6 Å². The molecular weight excluding hydrogens is 182 g/mol. The zero-order chi connectivity index (χ0) is 11.4. The molecule has 0 spiro atoms. The third kappa shape index (κ3) is 2.98. The van der Waals surface area contributed by atoms with Crippen molar-refractivity contribution in [3.8, 4) is 0 Å². The lowest BCUT2D eigenvalue weighted by Gasteiger charge is -2.07. The number of nitrogens with two attached hydrogens (primary N) is 1. The second kappa shape index (κ2) is 4.83. The molecule has 1 nitrogen and oxygen atoms in total. The Labute approximate surface area is 92.3 Å². The summed E-state index contributed by atoms with van der Waals surface area (Å²) in [6.07, 6.45) is 3.00. The first-order valence-corrected chi connectivity index (χ1v) is 5.28. The van der Waals surface area contributed by atoms with E-state index in [1.54, 1.807) is 0 Å². The van der Waals surface area contributed by atoms with Gasteiger partial charge in [0.1, 0.15) is 0 Å². The SMILES string of the molecule is C=C(C)c1cc(C)cc(/C(N)=C\CC)c1. The molecule has 1 aromatic rings. The Kier molecular flexibility index (Phi) is 3.73. The van der Waals surface area contributed by atoms with Gasteiger partial charge in [0.2, 0.25) is 0 Å². The van der Waals surface area contributed by atoms with E-state index in [0.29, 0.717) is 0 Å². The van der Waals surface area contributed by atoms with Crippen molar-refractivity contribution in [3.63, 3.8) is 0 Å². The predicted octanol–water partition coefficient (Wildman–Crippen LogP) is 3.74. The first-order valence-electron chi connectivity index (χ1n) is 5.28. The number of hydrogen-bond donors (Lipinski definition) is 1. The van der Waals surface area contributed by atoms with Crippen molar-refractivity contribution in [2.75, 3.05) is 0 Å². The molecule has 0 radical (unpaired) electrons. The first kappa shape index (κ1) is 11.6. The Bertz CT molecular complexity index is 400. The van der Waals surface area contributed by atoms with Crippen LogP contribution in [0.2, 0.25) is 0 Å². The lowest BCUT2D eigenvalue weighted by atomic mass is 10.0. The molecule has 1 rings (SSSR count). The first-order chi connectivity index (χ1) is 7.04. The van der Waals surface area contributed by atoms with Gasteiger partial charge in [-0.05, 0) is 49.1 Å². The van der Waals surface area contributed by atoms with Crippen LogP contribution in [0.1, 0.15) is 37.0 Å². The molecule has 0 heterocycles. The van der Waals surface area contributed by atoms with Crippen molar-refractivity contribution in [2.24, 2.45) is 5.73 Å². The van der Waals surface area contributed by atoms with Crippen LogP contribution in [-0.2, 0) is 0 Å². The van der Waals surface area contributed by atoms with Crippen molar-refractivity contribution in [3.05, 3.63) is 47.5 Å². The lowest BCUT2D eigenvalue weighted by molar-refractivity contribution is 1.21. The van der Waals surface area contributed by atoms with Gasteiger partial charge in [-0.25, -0.2) is 0 Å². The zero-order valence-corrected chi connectivity index (χ0v) is 9.80. The van der Waals surface area contributed by atoms with Crippen molar-refractivity contribution in [2.45, 2.75) is 27.2 Å². The zero-order valence-electron chi connectivity index (χ0n) is 9.80. The van der Waals surface area contributed by atoms with E-state index in [4.69, 9.17) is 5.73 Å². The van der Waals surface area contributed by atoms with Crippen LogP contribution in [0.3, 0.4) is 0 Å². The van der Waals surface area contributed by atoms with E-state index in [9.17, 15) is 0 Å². The molecule has 0 saturated carbocycles. The fourth-order valence-electron chi connectivity index (χ4n) is 1.53. The summed E-state index contributed by atoms with van der Waals surface area (Å²) < 4.78 is 0. The molecule has 0 saturated heterocycles. The van der Waals surface area contributed by atoms with Crippen molar-refractivity contribution in [1.82, 2.24) is 0 Å². The highest BCUT2D eigenvalue weighted by molar-refractivity contribution is 5.70. The summed E-state index contributed by atoms with van der Waals surface area (Å²) >= 11 is 0. The number of rotatable bonds is 3. The normalized spacial score (nSPS) is 11.5. The molecule has 0 aliphatic heterocycles. The maximum absolute atomic E-state index is 5.97. The topological polar surface area (TPSA) is 26.0 Å². The quantitative estimate of drug-likeness (QED) is 0.792. The fourth-order valence-corrected chi connectivity index (χ4v) is 1.53. The van der Waals surface area contributed by atoms with Crippen LogP contribution in [-0.4, -0.2) is 0 Å². The third-order valence-corrected chi connectivity index (χ3v) is 2.33. The summed E-state index contributed by atoms with van der Waals surface area (Å²) in [7, 11) is 0. The molecule has 1 aromatic carbocycles. The average Bonchev–Trinajstić information content (AvgIpc) is 2.17. The third-order valence-electron chi connectivity index (χ3n) is 2.33. The Balaban J connectivity index is 3.20. The van der Waals surface area contributed by atoms with Gasteiger partial charge in [-0.15, -0.1) is 0 Å². The van der Waals surface area contributed by atoms with Gasteiger partial charge in [0.05, 0.1) is 0 Å². The van der Waals surface area contributed by atoms with Crippen molar-refractivity contribution in [1.29, 1.82) is 0 Å². The van der Waals surface area contributed by atoms with Crippen LogP contribution in [0.25, 0.3) is 11.3 Å². The smallest absolute Gasteiger partial charge is 0.0347 e. The molecule has 80 valence electrons. The summed E-state index contributed by atoms with van der Waals surface area (Å²) in [6.45, 7) is 10.1. The molecule has 0 atom stereocenters. The van der Waals surface area contributed by atoms with Crippen LogP contribution in [0.5, 0.6) is 0 Å². The van der Waals surface area contributed by atoms with Gasteiger partial charge in [0, 0.05) is 5.70 Å². The molecule has 0 fully saturated rings. The summed E-state index contributed by atoms with van der Waals surface area (Å²) in [6, 6.07) is 6.33. The van der Waals surface area contributed by atoms with E-state index in [1.165, 1.54) is 5.56 Å². The number of allylic oxidation sites excluding steroid dienone is 2. The minimum atomic E-state index is 0.851. The number of benzene rings is 1. The molecule has 1 heteroatoms. The summed E-state index contributed by atoms with van der Waals surface area (Å²) in [5.74, 6) is 0. The van der Waals surface area contributed by atoms with Gasteiger partial charge in [-0.2, -0.15) is 0 Å². The monoisotopic (exact) mass is 201 g/mol. The summed E-state index contributed by atoms with van der Waals surface area (Å²) in [4.78, 5) is 0. The maximum Gasteiger partial charge on any atom is 0.0347 e. The highest BCUT2D eigenvalue weighted by atomic mass is 14.6. The van der Waals surface area contributed by atoms with Gasteiger partial charge in [0.25, 0.3) is 0 Å². The minimum absolute atomic E-state index is 0.851. The van der Waals surface area contributed by atoms with Gasteiger partial charge in [-0.3, -0.25) is 0 Å². The van der Waals surface area contributed by atoms with Crippen molar-refractivity contribution >= 4 is 11.3 Å². The average molecular weight is 201 g/mol. The Morgan fingerprint density at radius 1 is 1.33 bits per heavy atom. The van der Waals surface area contributed by atoms with Gasteiger partial charge < -0.3 is 5.73 Å². The van der Waals surface area contributed by atoms with Gasteiger partial charge in [-0.1, -0.05) is 31.2 Å². The molecule has 0 unspecified atom stereocenters. The van der Waals surface area contributed by atoms with E-state index in [1.807, 2.05) is 13.0 Å². The van der Waals surface area contributed by atoms with E-state index in [0.717, 1.165) is 28.8 Å². The molecule has 2 N–H and O–H groups in total. The van der Waals surface area contributed by atoms with Crippen molar-refractivity contribution < 1.29 is 0 Å². The predicted molar refractivity (Wildman–Crippen MR) is 68.3 cm³/mol. The second-order valence-corrected chi connectivity index (χ2v) is 3.94. The molecular formula is C14H19N. The molecule has 0 aromatic heterocycles. The Morgan fingerprint density at radius 2 is 1.93 bits per heavy atom. The highest BCUT2D eigenvalue weighted by Gasteiger charge is 2.01. The molecule has 0 amide bonds. The molecule has 0 aliphatic carbocycles.